The van der Waals surface area contributed by atoms with Crippen LogP contribution in [-0.2, 0) is 10.1 Å². The predicted molar refractivity (Wildman–Crippen MR) is 70.4 cm³/mol. The molecule has 0 spiro atoms. The number of hydrogen-bond acceptors (Lipinski definition) is 2. The monoisotopic (exact) mass is 293 g/mol. The molecule has 0 bridgehead atoms. The molecule has 1 unspecified atom stereocenters. The number of carbonyl (C=O) groups is 1. The highest BCUT2D eigenvalue weighted by molar-refractivity contribution is 9.08. The third-order valence-electron chi connectivity index (χ3n) is 2.85. The van der Waals surface area contributed by atoms with Gasteiger partial charge >= 0.3 is 5.97 Å². The summed E-state index contributed by atoms with van der Waals surface area (Å²) in [5, 5.41) is 10.7. The van der Waals surface area contributed by atoms with Crippen LogP contribution in [-0.4, -0.2) is 16.1 Å². The molecule has 0 fully saturated rings. The number of rotatable bonds is 3. The van der Waals surface area contributed by atoms with Crippen LogP contribution in [0.2, 0.25) is 0 Å². The molecule has 1 heterocycles. The molecule has 1 N–H and O–H groups in total. The molecule has 2 rings (SSSR count). The van der Waals surface area contributed by atoms with Gasteiger partial charge in [-0.15, -0.1) is 0 Å². The third-order valence-corrected chi connectivity index (χ3v) is 3.45. The summed E-state index contributed by atoms with van der Waals surface area (Å²) in [4.78, 5) is 15.5. The third kappa shape index (κ3) is 2.17. The first-order valence-electron chi connectivity index (χ1n) is 5.30. The van der Waals surface area contributed by atoms with Gasteiger partial charge in [0.05, 0.1) is 11.4 Å². The molecule has 0 radical (unpaired) electrons. The van der Waals surface area contributed by atoms with Crippen LogP contribution in [0, 0.1) is 0 Å². The van der Waals surface area contributed by atoms with Crippen molar-refractivity contribution < 1.29 is 9.90 Å². The number of halogens is 1. The Morgan fingerprint density at radius 1 is 1.47 bits per heavy atom. The summed E-state index contributed by atoms with van der Waals surface area (Å²) in [7, 11) is 0. The molecule has 0 aliphatic rings. The van der Waals surface area contributed by atoms with Gasteiger partial charge < -0.3 is 5.11 Å². The molecule has 4 heteroatoms. The molecular formula is C13H12BrNO2. The molecule has 0 aliphatic heterocycles. The van der Waals surface area contributed by atoms with E-state index in [4.69, 9.17) is 0 Å². The number of aliphatic carboxylic acids is 1. The van der Waals surface area contributed by atoms with Crippen molar-refractivity contribution in [3.8, 4) is 0 Å². The Hall–Kier alpha value is -1.42. The van der Waals surface area contributed by atoms with Crippen molar-refractivity contribution in [1.82, 2.24) is 4.98 Å². The highest BCUT2D eigenvalue weighted by Gasteiger charge is 2.20. The summed E-state index contributed by atoms with van der Waals surface area (Å²) >= 11 is 3.38. The van der Waals surface area contributed by atoms with Gasteiger partial charge in [-0.25, -0.2) is 0 Å². The van der Waals surface area contributed by atoms with Crippen LogP contribution in [0.15, 0.2) is 30.5 Å². The maximum atomic E-state index is 11.2. The predicted octanol–water partition coefficient (Wildman–Crippen LogP) is 3.32. The topological polar surface area (TPSA) is 50.2 Å². The molecule has 3 nitrogen and oxygen atoms in total. The Labute approximate surface area is 108 Å². The lowest BCUT2D eigenvalue weighted by molar-refractivity contribution is -0.138. The summed E-state index contributed by atoms with van der Waals surface area (Å²) < 4.78 is 0. The zero-order valence-corrected chi connectivity index (χ0v) is 10.9. The number of pyridine rings is 1. The molecule has 17 heavy (non-hydrogen) atoms. The van der Waals surface area contributed by atoms with Crippen LogP contribution in [0.25, 0.3) is 10.9 Å². The number of fused-ring (bicyclic) bond motifs is 1. The van der Waals surface area contributed by atoms with Crippen LogP contribution in [0.4, 0.5) is 0 Å². The van der Waals surface area contributed by atoms with Crippen molar-refractivity contribution in [2.45, 2.75) is 18.2 Å². The summed E-state index contributed by atoms with van der Waals surface area (Å²) in [5.74, 6) is -1.35. The highest BCUT2D eigenvalue weighted by Crippen LogP contribution is 2.29. The van der Waals surface area contributed by atoms with E-state index in [0.29, 0.717) is 5.33 Å². The van der Waals surface area contributed by atoms with E-state index in [9.17, 15) is 9.90 Å². The van der Waals surface area contributed by atoms with Crippen molar-refractivity contribution in [3.63, 3.8) is 0 Å². The molecule has 1 aromatic carbocycles. The maximum absolute atomic E-state index is 11.2. The fraction of sp³-hybridized carbons (Fsp3) is 0.231. The molecule has 0 aliphatic carbocycles. The Bertz CT molecular complexity index is 568. The first kappa shape index (κ1) is 12.0. The van der Waals surface area contributed by atoms with Crippen LogP contribution >= 0.6 is 15.9 Å². The molecular weight excluding hydrogens is 282 g/mol. The fourth-order valence-electron chi connectivity index (χ4n) is 1.95. The smallest absolute Gasteiger partial charge is 0.310 e. The van der Waals surface area contributed by atoms with Gasteiger partial charge in [0, 0.05) is 16.9 Å². The second kappa shape index (κ2) is 4.84. The maximum Gasteiger partial charge on any atom is 0.310 e. The van der Waals surface area contributed by atoms with E-state index in [0.717, 1.165) is 22.0 Å². The summed E-state index contributed by atoms with van der Waals surface area (Å²) in [6.07, 6.45) is 1.74. The average molecular weight is 294 g/mol. The van der Waals surface area contributed by atoms with E-state index in [-0.39, 0.29) is 0 Å². The Balaban J connectivity index is 2.75. The number of alkyl halides is 1. The largest absolute Gasteiger partial charge is 0.481 e. The fourth-order valence-corrected chi connectivity index (χ4v) is 2.39. The number of aromatic nitrogens is 1. The SMILES string of the molecule is CC(C(=O)O)c1c(CBr)cnc2ccccc12. The first-order chi connectivity index (χ1) is 8.15. The molecule has 0 saturated heterocycles. The molecule has 1 aromatic heterocycles. The molecule has 2 aromatic rings. The zero-order valence-electron chi connectivity index (χ0n) is 9.35. The van der Waals surface area contributed by atoms with E-state index < -0.39 is 11.9 Å². The van der Waals surface area contributed by atoms with Crippen molar-refractivity contribution in [1.29, 1.82) is 0 Å². The second-order valence-electron chi connectivity index (χ2n) is 3.91. The van der Waals surface area contributed by atoms with Gasteiger partial charge in [-0.1, -0.05) is 34.1 Å². The van der Waals surface area contributed by atoms with E-state index in [2.05, 4.69) is 20.9 Å². The second-order valence-corrected chi connectivity index (χ2v) is 4.47. The molecule has 1 atom stereocenters. The minimum Gasteiger partial charge on any atom is -0.481 e. The normalized spacial score (nSPS) is 12.6. The van der Waals surface area contributed by atoms with E-state index >= 15 is 0 Å². The Morgan fingerprint density at radius 3 is 2.82 bits per heavy atom. The van der Waals surface area contributed by atoms with Crippen LogP contribution in [0.1, 0.15) is 24.0 Å². The minimum atomic E-state index is -0.816. The van der Waals surface area contributed by atoms with Crippen molar-refractivity contribution in [3.05, 3.63) is 41.6 Å². The zero-order chi connectivity index (χ0) is 12.4. The number of nitrogens with zero attached hydrogens (tertiary/aromatic N) is 1. The standard InChI is InChI=1S/C13H12BrNO2/c1-8(13(16)17)12-9(6-14)7-15-11-5-3-2-4-10(11)12/h2-5,7-8H,6H2,1H3,(H,16,17). The number of benzene rings is 1. The van der Waals surface area contributed by atoms with Crippen LogP contribution in [0.3, 0.4) is 0 Å². The summed E-state index contributed by atoms with van der Waals surface area (Å²) in [5.41, 5.74) is 2.61. The minimum absolute atomic E-state index is 0.532. The van der Waals surface area contributed by atoms with Gasteiger partial charge in [0.15, 0.2) is 0 Å². The summed E-state index contributed by atoms with van der Waals surface area (Å²) in [6.45, 7) is 1.70. The quantitative estimate of drug-likeness (QED) is 0.883. The highest BCUT2D eigenvalue weighted by atomic mass is 79.9. The van der Waals surface area contributed by atoms with E-state index in [1.165, 1.54) is 0 Å². The Morgan fingerprint density at radius 2 is 2.18 bits per heavy atom. The van der Waals surface area contributed by atoms with Gasteiger partial charge in [0.2, 0.25) is 0 Å². The van der Waals surface area contributed by atoms with Gasteiger partial charge in [-0.05, 0) is 24.1 Å². The van der Waals surface area contributed by atoms with Gasteiger partial charge in [0.25, 0.3) is 0 Å². The van der Waals surface area contributed by atoms with Gasteiger partial charge in [-0.3, -0.25) is 9.78 Å². The summed E-state index contributed by atoms with van der Waals surface area (Å²) in [6, 6.07) is 7.62. The lowest BCUT2D eigenvalue weighted by Gasteiger charge is -2.14. The lowest BCUT2D eigenvalue weighted by atomic mass is 9.93. The molecule has 88 valence electrons. The van der Waals surface area contributed by atoms with Crippen molar-refractivity contribution in [2.24, 2.45) is 0 Å². The Kier molecular flexibility index (Phi) is 3.43. The first-order valence-corrected chi connectivity index (χ1v) is 6.42. The van der Waals surface area contributed by atoms with Gasteiger partial charge in [-0.2, -0.15) is 0 Å². The number of para-hydroxylation sites is 1. The van der Waals surface area contributed by atoms with Crippen LogP contribution < -0.4 is 0 Å². The number of carboxylic acids is 1. The van der Waals surface area contributed by atoms with E-state index in [1.807, 2.05) is 24.3 Å². The van der Waals surface area contributed by atoms with Crippen molar-refractivity contribution >= 4 is 32.8 Å². The molecule has 0 saturated carbocycles. The number of hydrogen-bond donors (Lipinski definition) is 1. The van der Waals surface area contributed by atoms with E-state index in [1.54, 1.807) is 13.1 Å². The average Bonchev–Trinajstić information content (AvgIpc) is 2.36. The number of carboxylic acid groups (broad SMARTS) is 1. The van der Waals surface area contributed by atoms with Crippen molar-refractivity contribution in [2.75, 3.05) is 0 Å². The lowest BCUT2D eigenvalue weighted by Crippen LogP contribution is -2.10. The van der Waals surface area contributed by atoms with Crippen LogP contribution in [0.5, 0.6) is 0 Å². The van der Waals surface area contributed by atoms with Gasteiger partial charge in [0.1, 0.15) is 0 Å². The molecule has 0 amide bonds.